The van der Waals surface area contributed by atoms with Crippen molar-refractivity contribution in [2.75, 3.05) is 0 Å². The van der Waals surface area contributed by atoms with Crippen molar-refractivity contribution in [3.8, 4) is 5.82 Å². The minimum atomic E-state index is 0.532. The van der Waals surface area contributed by atoms with Crippen LogP contribution in [0.25, 0.3) is 5.82 Å². The van der Waals surface area contributed by atoms with Gasteiger partial charge in [-0.25, -0.2) is 19.6 Å². The molecule has 0 unspecified atom stereocenters. The fourth-order valence-electron chi connectivity index (χ4n) is 1.39. The van der Waals surface area contributed by atoms with E-state index in [1.165, 1.54) is 19.2 Å². The third-order valence-corrected chi connectivity index (χ3v) is 2.70. The summed E-state index contributed by atoms with van der Waals surface area (Å²) in [6.07, 6.45) is 5.50. The quantitative estimate of drug-likeness (QED) is 0.776. The van der Waals surface area contributed by atoms with Gasteiger partial charge >= 0.3 is 0 Å². The first-order chi connectivity index (χ1) is 7.33. The highest BCUT2D eigenvalue weighted by atomic mass is 79.9. The molecule has 0 amide bonds. The van der Waals surface area contributed by atoms with Gasteiger partial charge in [0.2, 0.25) is 0 Å². The summed E-state index contributed by atoms with van der Waals surface area (Å²) < 4.78 is 2.43. The zero-order valence-corrected chi connectivity index (χ0v) is 9.42. The van der Waals surface area contributed by atoms with Crippen LogP contribution in [0.4, 0.5) is 0 Å². The zero-order valence-electron chi connectivity index (χ0n) is 7.84. The van der Waals surface area contributed by atoms with Gasteiger partial charge in [0.1, 0.15) is 23.1 Å². The molecule has 0 saturated heterocycles. The van der Waals surface area contributed by atoms with Gasteiger partial charge in [-0.2, -0.15) is 5.10 Å². The standard InChI is InChI=1S/C9H8BrN5/c10-7-3-8(15-5-11-4-12-15)14-9(13-7)6-1-2-6/h3-6H,1-2H2. The maximum atomic E-state index is 4.46. The highest BCUT2D eigenvalue weighted by Crippen LogP contribution is 2.38. The van der Waals surface area contributed by atoms with E-state index in [0.29, 0.717) is 5.92 Å². The third kappa shape index (κ3) is 1.77. The van der Waals surface area contributed by atoms with Gasteiger partial charge in [0, 0.05) is 12.0 Å². The van der Waals surface area contributed by atoms with Crippen LogP contribution in [-0.2, 0) is 0 Å². The van der Waals surface area contributed by atoms with E-state index in [2.05, 4.69) is 36.0 Å². The summed E-state index contributed by atoms with van der Waals surface area (Å²) in [6.45, 7) is 0. The van der Waals surface area contributed by atoms with E-state index < -0.39 is 0 Å². The summed E-state index contributed by atoms with van der Waals surface area (Å²) in [6, 6.07) is 1.83. The molecule has 5 nitrogen and oxygen atoms in total. The normalized spacial score (nSPS) is 15.5. The molecule has 1 fully saturated rings. The van der Waals surface area contributed by atoms with E-state index in [0.717, 1.165) is 16.2 Å². The molecule has 1 aliphatic rings. The molecule has 3 rings (SSSR count). The molecule has 0 N–H and O–H groups in total. The smallest absolute Gasteiger partial charge is 0.160 e. The summed E-state index contributed by atoms with van der Waals surface area (Å²) in [4.78, 5) is 12.7. The topological polar surface area (TPSA) is 56.5 Å². The Hall–Kier alpha value is -1.30. The molecule has 0 spiro atoms. The monoisotopic (exact) mass is 265 g/mol. The average Bonchev–Trinajstić information content (AvgIpc) is 2.93. The van der Waals surface area contributed by atoms with Gasteiger partial charge in [0.25, 0.3) is 0 Å². The van der Waals surface area contributed by atoms with E-state index in [1.807, 2.05) is 6.07 Å². The van der Waals surface area contributed by atoms with Crippen molar-refractivity contribution in [3.63, 3.8) is 0 Å². The van der Waals surface area contributed by atoms with Crippen molar-refractivity contribution in [2.45, 2.75) is 18.8 Å². The first-order valence-electron chi connectivity index (χ1n) is 4.72. The maximum Gasteiger partial charge on any atom is 0.160 e. The van der Waals surface area contributed by atoms with Gasteiger partial charge < -0.3 is 0 Å². The lowest BCUT2D eigenvalue weighted by molar-refractivity contribution is 0.803. The van der Waals surface area contributed by atoms with Crippen molar-refractivity contribution in [1.29, 1.82) is 0 Å². The molecule has 0 atom stereocenters. The van der Waals surface area contributed by atoms with Crippen LogP contribution in [0.5, 0.6) is 0 Å². The predicted molar refractivity (Wildman–Crippen MR) is 56.6 cm³/mol. The van der Waals surface area contributed by atoms with Crippen LogP contribution in [0.1, 0.15) is 24.6 Å². The van der Waals surface area contributed by atoms with Gasteiger partial charge in [0.15, 0.2) is 5.82 Å². The molecular weight excluding hydrogens is 258 g/mol. The second-order valence-electron chi connectivity index (χ2n) is 3.52. The van der Waals surface area contributed by atoms with Gasteiger partial charge in [-0.05, 0) is 28.8 Å². The second-order valence-corrected chi connectivity index (χ2v) is 4.33. The van der Waals surface area contributed by atoms with Crippen molar-refractivity contribution < 1.29 is 0 Å². The highest BCUT2D eigenvalue weighted by molar-refractivity contribution is 9.10. The Kier molecular flexibility index (Phi) is 2.02. The Morgan fingerprint density at radius 3 is 2.87 bits per heavy atom. The molecule has 0 aliphatic heterocycles. The number of halogens is 1. The maximum absolute atomic E-state index is 4.46. The SMILES string of the molecule is Brc1cc(-n2cncn2)nc(C2CC2)n1. The molecule has 2 aromatic rings. The van der Waals surface area contributed by atoms with Crippen LogP contribution in [0.3, 0.4) is 0 Å². The fraction of sp³-hybridized carbons (Fsp3) is 0.333. The molecule has 1 saturated carbocycles. The summed E-state index contributed by atoms with van der Waals surface area (Å²) in [5.74, 6) is 2.19. The van der Waals surface area contributed by atoms with Crippen molar-refractivity contribution in [2.24, 2.45) is 0 Å². The van der Waals surface area contributed by atoms with Crippen LogP contribution >= 0.6 is 15.9 Å². The van der Waals surface area contributed by atoms with Gasteiger partial charge in [-0.15, -0.1) is 0 Å². The Morgan fingerprint density at radius 2 is 2.20 bits per heavy atom. The number of rotatable bonds is 2. The first-order valence-corrected chi connectivity index (χ1v) is 5.52. The summed E-state index contributed by atoms with van der Waals surface area (Å²) in [5.41, 5.74) is 0. The molecule has 0 aromatic carbocycles. The lowest BCUT2D eigenvalue weighted by Crippen LogP contribution is -2.02. The molecule has 15 heavy (non-hydrogen) atoms. The van der Waals surface area contributed by atoms with E-state index >= 15 is 0 Å². The number of nitrogens with zero attached hydrogens (tertiary/aromatic N) is 5. The molecule has 2 heterocycles. The molecule has 0 radical (unpaired) electrons. The molecule has 2 aromatic heterocycles. The molecule has 1 aliphatic carbocycles. The van der Waals surface area contributed by atoms with Gasteiger partial charge in [0.05, 0.1) is 0 Å². The van der Waals surface area contributed by atoms with Crippen molar-refractivity contribution in [1.82, 2.24) is 24.7 Å². The molecule has 0 bridgehead atoms. The average molecular weight is 266 g/mol. The lowest BCUT2D eigenvalue weighted by Gasteiger charge is -2.03. The van der Waals surface area contributed by atoms with Crippen LogP contribution < -0.4 is 0 Å². The second kappa shape index (κ2) is 3.37. The lowest BCUT2D eigenvalue weighted by atomic mass is 10.4. The Balaban J connectivity index is 2.07. The molecule has 76 valence electrons. The Labute approximate surface area is 94.7 Å². The summed E-state index contributed by atoms with van der Waals surface area (Å²) in [5, 5.41) is 4.04. The minimum absolute atomic E-state index is 0.532. The predicted octanol–water partition coefficient (Wildman–Crippen LogP) is 1.70. The summed E-state index contributed by atoms with van der Waals surface area (Å²) >= 11 is 3.38. The van der Waals surface area contributed by atoms with Crippen molar-refractivity contribution in [3.05, 3.63) is 29.1 Å². The van der Waals surface area contributed by atoms with Crippen molar-refractivity contribution >= 4 is 15.9 Å². The van der Waals surface area contributed by atoms with E-state index in [-0.39, 0.29) is 0 Å². The fourth-order valence-corrected chi connectivity index (χ4v) is 1.78. The third-order valence-electron chi connectivity index (χ3n) is 2.29. The van der Waals surface area contributed by atoms with E-state index in [1.54, 1.807) is 11.0 Å². The van der Waals surface area contributed by atoms with Crippen LogP contribution in [-0.4, -0.2) is 24.7 Å². The van der Waals surface area contributed by atoms with E-state index in [4.69, 9.17) is 0 Å². The Bertz CT molecular complexity index is 477. The number of hydrogen-bond acceptors (Lipinski definition) is 4. The van der Waals surface area contributed by atoms with Gasteiger partial charge in [-0.3, -0.25) is 0 Å². The first kappa shape index (κ1) is 8.96. The molecular formula is C9H8BrN5. The zero-order chi connectivity index (χ0) is 10.3. The number of aromatic nitrogens is 5. The van der Waals surface area contributed by atoms with Crippen LogP contribution in [0, 0.1) is 0 Å². The summed E-state index contributed by atoms with van der Waals surface area (Å²) in [7, 11) is 0. The van der Waals surface area contributed by atoms with Crippen LogP contribution in [0.15, 0.2) is 23.3 Å². The van der Waals surface area contributed by atoms with E-state index in [9.17, 15) is 0 Å². The highest BCUT2D eigenvalue weighted by Gasteiger charge is 2.27. The largest absolute Gasteiger partial charge is 0.226 e. The van der Waals surface area contributed by atoms with Crippen LogP contribution in [0.2, 0.25) is 0 Å². The van der Waals surface area contributed by atoms with Gasteiger partial charge in [-0.1, -0.05) is 0 Å². The minimum Gasteiger partial charge on any atom is -0.226 e. The number of hydrogen-bond donors (Lipinski definition) is 0. The Morgan fingerprint density at radius 1 is 1.33 bits per heavy atom. The molecule has 6 heteroatoms.